The number of hydrogen-bond donors (Lipinski definition) is 1. The lowest BCUT2D eigenvalue weighted by atomic mass is 9.87. The summed E-state index contributed by atoms with van der Waals surface area (Å²) in [6, 6.07) is 5.84. The predicted octanol–water partition coefficient (Wildman–Crippen LogP) is 4.98. The molecule has 0 unspecified atom stereocenters. The Morgan fingerprint density at radius 2 is 2.00 bits per heavy atom. The summed E-state index contributed by atoms with van der Waals surface area (Å²) in [6.07, 6.45) is 6.73. The van der Waals surface area contributed by atoms with E-state index in [1.165, 1.54) is 37.0 Å². The van der Waals surface area contributed by atoms with Crippen LogP contribution in [0, 0.1) is 5.92 Å². The van der Waals surface area contributed by atoms with E-state index in [-0.39, 0.29) is 0 Å². The molecule has 0 amide bonds. The highest BCUT2D eigenvalue weighted by molar-refractivity contribution is 8.00. The summed E-state index contributed by atoms with van der Waals surface area (Å²) in [5.41, 5.74) is 6.45. The van der Waals surface area contributed by atoms with Gasteiger partial charge < -0.3 is 5.73 Å². The Labute approximate surface area is 113 Å². The lowest BCUT2D eigenvalue weighted by molar-refractivity contribution is 0.356. The molecule has 1 nitrogen and oxygen atoms in total. The Bertz CT molecular complexity index is 372. The summed E-state index contributed by atoms with van der Waals surface area (Å²) in [5.74, 6) is 0.953. The van der Waals surface area contributed by atoms with Gasteiger partial charge in [-0.05, 0) is 49.8 Å². The van der Waals surface area contributed by atoms with Crippen LogP contribution >= 0.6 is 23.4 Å². The van der Waals surface area contributed by atoms with Crippen molar-refractivity contribution in [3.63, 3.8) is 0 Å². The Hall–Kier alpha value is -0.340. The van der Waals surface area contributed by atoms with Gasteiger partial charge in [0.2, 0.25) is 0 Å². The van der Waals surface area contributed by atoms with Crippen molar-refractivity contribution in [1.82, 2.24) is 0 Å². The maximum absolute atomic E-state index is 6.20. The van der Waals surface area contributed by atoms with Crippen molar-refractivity contribution in [3.05, 3.63) is 23.2 Å². The second-order valence-corrected chi connectivity index (χ2v) is 6.61. The molecule has 0 saturated heterocycles. The molecule has 2 rings (SSSR count). The lowest BCUT2D eigenvalue weighted by Crippen LogP contribution is -2.15. The summed E-state index contributed by atoms with van der Waals surface area (Å²) < 4.78 is 0. The van der Waals surface area contributed by atoms with Crippen molar-refractivity contribution in [2.45, 2.75) is 49.2 Å². The third-order valence-electron chi connectivity index (χ3n) is 3.62. The average molecular weight is 270 g/mol. The molecule has 2 N–H and O–H groups in total. The average Bonchev–Trinajstić information content (AvgIpc) is 2.34. The number of nitrogen functional groups attached to an aromatic ring is 1. The van der Waals surface area contributed by atoms with Crippen LogP contribution in [0.15, 0.2) is 23.1 Å². The molecule has 0 aromatic heterocycles. The van der Waals surface area contributed by atoms with E-state index >= 15 is 0 Å². The summed E-state index contributed by atoms with van der Waals surface area (Å²) in [5, 5.41) is 1.53. The van der Waals surface area contributed by atoms with Crippen molar-refractivity contribution in [1.29, 1.82) is 0 Å². The lowest BCUT2D eigenvalue weighted by Gasteiger charge is -2.27. The fraction of sp³-hybridized carbons (Fsp3) is 0.571. The first-order valence-corrected chi connectivity index (χ1v) is 7.66. The van der Waals surface area contributed by atoms with Gasteiger partial charge in [-0.15, -0.1) is 11.8 Å². The summed E-state index contributed by atoms with van der Waals surface area (Å²) in [6.45, 7) is 2.30. The fourth-order valence-corrected chi connectivity index (χ4v) is 3.96. The molecule has 1 fully saturated rings. The molecule has 0 aliphatic heterocycles. The van der Waals surface area contributed by atoms with Crippen LogP contribution in [0.2, 0.25) is 5.02 Å². The van der Waals surface area contributed by atoms with Crippen LogP contribution in [-0.4, -0.2) is 5.25 Å². The van der Waals surface area contributed by atoms with Gasteiger partial charge >= 0.3 is 0 Å². The molecule has 3 heteroatoms. The highest BCUT2D eigenvalue weighted by Gasteiger charge is 2.21. The van der Waals surface area contributed by atoms with Gasteiger partial charge in [-0.3, -0.25) is 0 Å². The van der Waals surface area contributed by atoms with Crippen LogP contribution in [0.5, 0.6) is 0 Å². The molecule has 0 atom stereocenters. The highest BCUT2D eigenvalue weighted by atomic mass is 35.5. The first-order valence-electron chi connectivity index (χ1n) is 6.40. The summed E-state index contributed by atoms with van der Waals surface area (Å²) in [7, 11) is 0. The van der Waals surface area contributed by atoms with E-state index in [0.29, 0.717) is 0 Å². The molecule has 0 spiro atoms. The number of halogens is 1. The second kappa shape index (κ2) is 6.01. The number of benzene rings is 1. The van der Waals surface area contributed by atoms with Gasteiger partial charge in [0, 0.05) is 15.8 Å². The predicted molar refractivity (Wildman–Crippen MR) is 77.8 cm³/mol. The largest absolute Gasteiger partial charge is 0.399 e. The summed E-state index contributed by atoms with van der Waals surface area (Å²) >= 11 is 8.13. The van der Waals surface area contributed by atoms with Gasteiger partial charge in [0.05, 0.1) is 5.02 Å². The Kier molecular flexibility index (Phi) is 4.63. The van der Waals surface area contributed by atoms with Crippen LogP contribution in [0.25, 0.3) is 0 Å². The molecule has 1 saturated carbocycles. The highest BCUT2D eigenvalue weighted by Crippen LogP contribution is 2.39. The molecule has 94 valence electrons. The number of nitrogens with two attached hydrogens (primary N) is 1. The van der Waals surface area contributed by atoms with Gasteiger partial charge in [0.1, 0.15) is 0 Å². The monoisotopic (exact) mass is 269 g/mol. The van der Waals surface area contributed by atoms with E-state index in [1.807, 2.05) is 30.0 Å². The Morgan fingerprint density at radius 3 is 2.59 bits per heavy atom. The van der Waals surface area contributed by atoms with E-state index < -0.39 is 0 Å². The van der Waals surface area contributed by atoms with E-state index in [2.05, 4.69) is 6.92 Å². The van der Waals surface area contributed by atoms with E-state index in [9.17, 15) is 0 Å². The minimum absolute atomic E-state index is 0.735. The van der Waals surface area contributed by atoms with Gasteiger partial charge in [0.15, 0.2) is 0 Å². The molecule has 0 heterocycles. The van der Waals surface area contributed by atoms with Crippen LogP contribution < -0.4 is 5.73 Å². The minimum Gasteiger partial charge on any atom is -0.399 e. The quantitative estimate of drug-likeness (QED) is 0.783. The van der Waals surface area contributed by atoms with Crippen molar-refractivity contribution in [2.24, 2.45) is 5.92 Å². The van der Waals surface area contributed by atoms with Crippen molar-refractivity contribution in [2.75, 3.05) is 5.73 Å². The molecular formula is C14H20ClNS. The number of thioether (sulfide) groups is 1. The first kappa shape index (κ1) is 13.1. The minimum atomic E-state index is 0.735. The van der Waals surface area contributed by atoms with E-state index in [4.69, 9.17) is 17.3 Å². The van der Waals surface area contributed by atoms with Gasteiger partial charge in [-0.2, -0.15) is 0 Å². The Morgan fingerprint density at radius 1 is 1.29 bits per heavy atom. The molecule has 1 aromatic carbocycles. The third kappa shape index (κ3) is 3.56. The zero-order valence-corrected chi connectivity index (χ0v) is 11.9. The van der Waals surface area contributed by atoms with Gasteiger partial charge in [-0.1, -0.05) is 24.9 Å². The smallest absolute Gasteiger partial charge is 0.0562 e. The van der Waals surface area contributed by atoms with Crippen molar-refractivity contribution >= 4 is 29.1 Å². The second-order valence-electron chi connectivity index (χ2n) is 4.86. The van der Waals surface area contributed by atoms with Crippen LogP contribution in [-0.2, 0) is 0 Å². The third-order valence-corrected chi connectivity index (χ3v) is 5.46. The Balaban J connectivity index is 1.93. The topological polar surface area (TPSA) is 26.0 Å². The summed E-state index contributed by atoms with van der Waals surface area (Å²) in [4.78, 5) is 1.18. The first-order chi connectivity index (χ1) is 8.19. The maximum Gasteiger partial charge on any atom is 0.0562 e. The molecular weight excluding hydrogens is 250 g/mol. The van der Waals surface area contributed by atoms with Crippen LogP contribution in [0.4, 0.5) is 5.69 Å². The van der Waals surface area contributed by atoms with E-state index in [1.54, 1.807) is 0 Å². The normalized spacial score (nSPS) is 24.8. The maximum atomic E-state index is 6.20. The van der Waals surface area contributed by atoms with Gasteiger partial charge in [0.25, 0.3) is 0 Å². The van der Waals surface area contributed by atoms with Crippen molar-refractivity contribution < 1.29 is 0 Å². The van der Waals surface area contributed by atoms with E-state index in [0.717, 1.165) is 21.9 Å². The number of rotatable bonds is 3. The molecule has 0 radical (unpaired) electrons. The zero-order chi connectivity index (χ0) is 12.3. The SMILES string of the molecule is CCC1CCC(Sc2ccc(N)cc2Cl)CC1. The zero-order valence-electron chi connectivity index (χ0n) is 10.3. The van der Waals surface area contributed by atoms with Crippen LogP contribution in [0.3, 0.4) is 0 Å². The number of hydrogen-bond acceptors (Lipinski definition) is 2. The molecule has 0 bridgehead atoms. The van der Waals surface area contributed by atoms with Crippen molar-refractivity contribution in [3.8, 4) is 0 Å². The molecule has 1 aromatic rings. The molecule has 1 aliphatic carbocycles. The van der Waals surface area contributed by atoms with Gasteiger partial charge in [-0.25, -0.2) is 0 Å². The molecule has 17 heavy (non-hydrogen) atoms. The number of anilines is 1. The van der Waals surface area contributed by atoms with Crippen LogP contribution in [0.1, 0.15) is 39.0 Å². The standard InChI is InChI=1S/C14H20ClNS/c1-2-10-3-6-12(7-4-10)17-14-8-5-11(16)9-13(14)15/h5,8-10,12H,2-4,6-7,16H2,1H3. The fourth-order valence-electron chi connectivity index (χ4n) is 2.45. The molecule has 1 aliphatic rings.